The summed E-state index contributed by atoms with van der Waals surface area (Å²) in [6.45, 7) is 0. The van der Waals surface area contributed by atoms with Crippen molar-refractivity contribution in [2.24, 2.45) is 0 Å². The number of rotatable bonds is 6. The third-order valence-electron chi connectivity index (χ3n) is 10.8. The van der Waals surface area contributed by atoms with E-state index in [-0.39, 0.29) is 0 Å². The second-order valence-electron chi connectivity index (χ2n) is 14.2. The van der Waals surface area contributed by atoms with Crippen LogP contribution in [-0.2, 0) is 0 Å². The molecule has 57 heavy (non-hydrogen) atoms. The van der Waals surface area contributed by atoms with E-state index in [2.05, 4.69) is 146 Å². The maximum Gasteiger partial charge on any atom is 0.164 e. The number of fused-ring (bicyclic) bond motifs is 7. The molecule has 5 nitrogen and oxygen atoms in total. The number of hydrogen-bond acceptors (Lipinski definition) is 5. The summed E-state index contributed by atoms with van der Waals surface area (Å²) in [5, 5.41) is 5.44. The number of pyridine rings is 1. The summed E-state index contributed by atoms with van der Waals surface area (Å²) in [6.07, 6.45) is 0. The first-order valence-electron chi connectivity index (χ1n) is 19.0. The van der Waals surface area contributed by atoms with Crippen LogP contribution in [-0.4, -0.2) is 19.9 Å². The third kappa shape index (κ3) is 5.81. The molecule has 11 aromatic rings. The number of benzene rings is 8. The van der Waals surface area contributed by atoms with Crippen molar-refractivity contribution in [3.63, 3.8) is 0 Å². The second-order valence-corrected chi connectivity index (χ2v) is 14.2. The highest BCUT2D eigenvalue weighted by Gasteiger charge is 2.19. The van der Waals surface area contributed by atoms with Gasteiger partial charge in [-0.05, 0) is 45.2 Å². The number of furan rings is 1. The summed E-state index contributed by atoms with van der Waals surface area (Å²) in [5.74, 6) is 1.89. The molecule has 3 heterocycles. The monoisotopic (exact) mass is 728 g/mol. The third-order valence-corrected chi connectivity index (χ3v) is 10.8. The van der Waals surface area contributed by atoms with E-state index >= 15 is 0 Å². The van der Waals surface area contributed by atoms with Crippen molar-refractivity contribution < 1.29 is 4.42 Å². The highest BCUT2D eigenvalue weighted by Crippen LogP contribution is 2.42. The molecule has 0 saturated heterocycles. The molecule has 0 amide bonds. The van der Waals surface area contributed by atoms with Crippen molar-refractivity contribution in [2.45, 2.75) is 0 Å². The Hall–Kier alpha value is -7.76. The van der Waals surface area contributed by atoms with Gasteiger partial charge >= 0.3 is 0 Å². The van der Waals surface area contributed by atoms with E-state index in [9.17, 15) is 0 Å². The molecule has 3 aromatic heterocycles. The molecule has 0 bridgehead atoms. The van der Waals surface area contributed by atoms with Gasteiger partial charge in [0, 0.05) is 27.6 Å². The molecule has 0 saturated carbocycles. The van der Waals surface area contributed by atoms with E-state index in [1.54, 1.807) is 0 Å². The fourth-order valence-corrected chi connectivity index (χ4v) is 7.86. The van der Waals surface area contributed by atoms with Crippen LogP contribution < -0.4 is 0 Å². The van der Waals surface area contributed by atoms with E-state index in [4.69, 9.17) is 24.4 Å². The summed E-state index contributed by atoms with van der Waals surface area (Å²) in [5.41, 5.74) is 11.9. The Bertz CT molecular complexity index is 3250. The van der Waals surface area contributed by atoms with Gasteiger partial charge in [-0.25, -0.2) is 19.9 Å². The average Bonchev–Trinajstić information content (AvgIpc) is 3.69. The van der Waals surface area contributed by atoms with E-state index < -0.39 is 0 Å². The fraction of sp³-hybridized carbons (Fsp3) is 0. The van der Waals surface area contributed by atoms with Crippen molar-refractivity contribution in [1.29, 1.82) is 0 Å². The van der Waals surface area contributed by atoms with E-state index in [1.165, 1.54) is 5.56 Å². The Kier molecular flexibility index (Phi) is 7.74. The van der Waals surface area contributed by atoms with Gasteiger partial charge in [-0.15, -0.1) is 0 Å². The molecule has 0 fully saturated rings. The number of aromatic nitrogens is 4. The Morgan fingerprint density at radius 2 is 0.737 bits per heavy atom. The van der Waals surface area contributed by atoms with Crippen molar-refractivity contribution in [3.05, 3.63) is 194 Å². The molecule has 5 heteroatoms. The molecule has 0 aliphatic rings. The van der Waals surface area contributed by atoms with Gasteiger partial charge in [-0.2, -0.15) is 0 Å². The number of para-hydroxylation sites is 1. The Morgan fingerprint density at radius 1 is 0.298 bits per heavy atom. The van der Waals surface area contributed by atoms with Crippen molar-refractivity contribution in [1.82, 2.24) is 19.9 Å². The van der Waals surface area contributed by atoms with E-state index in [1.807, 2.05) is 48.5 Å². The normalized spacial score (nSPS) is 11.5. The molecule has 8 aromatic carbocycles. The molecular formula is C52H32N4O. The zero-order valence-corrected chi connectivity index (χ0v) is 30.7. The highest BCUT2D eigenvalue weighted by atomic mass is 16.3. The summed E-state index contributed by atoms with van der Waals surface area (Å²) in [4.78, 5) is 20.2. The van der Waals surface area contributed by atoms with Crippen molar-refractivity contribution in [3.8, 4) is 67.7 Å². The van der Waals surface area contributed by atoms with Crippen LogP contribution in [0.1, 0.15) is 0 Å². The predicted molar refractivity (Wildman–Crippen MR) is 233 cm³/mol. The van der Waals surface area contributed by atoms with Crippen LogP contribution in [0, 0.1) is 0 Å². The van der Waals surface area contributed by atoms with Gasteiger partial charge in [0.15, 0.2) is 17.5 Å². The first kappa shape index (κ1) is 32.7. The quantitative estimate of drug-likeness (QED) is 0.160. The lowest BCUT2D eigenvalue weighted by molar-refractivity contribution is 0.673. The minimum absolute atomic E-state index is 0.624. The van der Waals surface area contributed by atoms with Gasteiger partial charge in [0.25, 0.3) is 0 Å². The van der Waals surface area contributed by atoms with Crippen molar-refractivity contribution >= 4 is 43.6 Å². The lowest BCUT2D eigenvalue weighted by atomic mass is 9.97. The topological polar surface area (TPSA) is 64.7 Å². The largest absolute Gasteiger partial charge is 0.455 e. The number of hydrogen-bond donors (Lipinski definition) is 0. The lowest BCUT2D eigenvalue weighted by Crippen LogP contribution is -2.00. The zero-order valence-electron chi connectivity index (χ0n) is 30.7. The minimum Gasteiger partial charge on any atom is -0.455 e. The van der Waals surface area contributed by atoms with Crippen LogP contribution >= 0.6 is 0 Å². The Balaban J connectivity index is 0.950. The van der Waals surface area contributed by atoms with E-state index in [0.717, 1.165) is 88.3 Å². The van der Waals surface area contributed by atoms with Crippen LogP contribution in [0.2, 0.25) is 0 Å². The number of nitrogens with zero attached hydrogens (tertiary/aromatic N) is 4. The molecule has 0 aliphatic carbocycles. The van der Waals surface area contributed by atoms with Crippen LogP contribution in [0.4, 0.5) is 0 Å². The molecule has 0 atom stereocenters. The molecular weight excluding hydrogens is 697 g/mol. The lowest BCUT2D eigenvalue weighted by Gasteiger charge is -2.11. The van der Waals surface area contributed by atoms with Crippen LogP contribution in [0.5, 0.6) is 0 Å². The minimum atomic E-state index is 0.624. The zero-order chi connectivity index (χ0) is 37.7. The molecule has 0 unspecified atom stereocenters. The van der Waals surface area contributed by atoms with Crippen molar-refractivity contribution in [2.75, 3.05) is 0 Å². The predicted octanol–water partition coefficient (Wildman–Crippen LogP) is 13.5. The standard InChI is InChI=1S/C52H32N4O/c1-3-11-33(12-4-1)34-21-27-40(28-22-34)51-54-50(39-14-5-2-6-15-39)55-52(56-51)41-29-23-36(24-30-41)35-19-25-38(26-20-35)48-47-43-17-9-10-18-45(43)57-49(47)46-42-16-8-7-13-37(42)31-32-44(46)53-48/h1-32H. The summed E-state index contributed by atoms with van der Waals surface area (Å²) in [7, 11) is 0. The summed E-state index contributed by atoms with van der Waals surface area (Å²) < 4.78 is 6.61. The van der Waals surface area contributed by atoms with Crippen LogP contribution in [0.15, 0.2) is 199 Å². The first-order valence-corrected chi connectivity index (χ1v) is 19.0. The average molecular weight is 729 g/mol. The van der Waals surface area contributed by atoms with Gasteiger partial charge in [0.1, 0.15) is 11.2 Å². The van der Waals surface area contributed by atoms with Gasteiger partial charge in [0.2, 0.25) is 0 Å². The molecule has 11 rings (SSSR count). The van der Waals surface area contributed by atoms with Gasteiger partial charge < -0.3 is 4.42 Å². The highest BCUT2D eigenvalue weighted by molar-refractivity contribution is 6.25. The Labute approximate surface area is 328 Å². The SMILES string of the molecule is c1ccc(-c2ccc(-c3nc(-c4ccccc4)nc(-c4ccc(-c5ccc(-c6nc7ccc8ccccc8c7c7oc8ccccc8c67)cc5)cc4)n3)cc2)cc1. The van der Waals surface area contributed by atoms with Crippen LogP contribution in [0.25, 0.3) is 111 Å². The second kappa shape index (κ2) is 13.5. The maximum absolute atomic E-state index is 6.61. The molecule has 0 aliphatic heterocycles. The summed E-state index contributed by atoms with van der Waals surface area (Å²) in [6, 6.07) is 66.8. The van der Waals surface area contributed by atoms with Gasteiger partial charge in [0.05, 0.1) is 22.0 Å². The summed E-state index contributed by atoms with van der Waals surface area (Å²) >= 11 is 0. The fourth-order valence-electron chi connectivity index (χ4n) is 7.86. The molecule has 0 spiro atoms. The Morgan fingerprint density at radius 3 is 1.33 bits per heavy atom. The van der Waals surface area contributed by atoms with Gasteiger partial charge in [-0.3, -0.25) is 0 Å². The van der Waals surface area contributed by atoms with Gasteiger partial charge in [-0.1, -0.05) is 182 Å². The first-order chi connectivity index (χ1) is 28.2. The van der Waals surface area contributed by atoms with E-state index in [0.29, 0.717) is 17.5 Å². The smallest absolute Gasteiger partial charge is 0.164 e. The molecule has 266 valence electrons. The molecule has 0 radical (unpaired) electrons. The van der Waals surface area contributed by atoms with Crippen LogP contribution in [0.3, 0.4) is 0 Å². The molecule has 0 N–H and O–H groups in total. The maximum atomic E-state index is 6.61.